The van der Waals surface area contributed by atoms with E-state index >= 15 is 0 Å². The van der Waals surface area contributed by atoms with E-state index in [2.05, 4.69) is 107 Å². The molecule has 2 unspecified atom stereocenters. The molecule has 1 aromatic carbocycles. The van der Waals surface area contributed by atoms with Gasteiger partial charge in [-0.3, -0.25) is 0 Å². The van der Waals surface area contributed by atoms with Gasteiger partial charge in [-0.2, -0.15) is 0 Å². The first-order valence-corrected chi connectivity index (χ1v) is 27.2. The third-order valence-electron chi connectivity index (χ3n) is 9.71. The molecule has 2 aliphatic rings. The van der Waals surface area contributed by atoms with Crippen molar-refractivity contribution < 1.29 is 8.85 Å². The van der Waals surface area contributed by atoms with Crippen LogP contribution in [0.5, 0.6) is 0 Å². The number of hydrogen-bond donors (Lipinski definition) is 0. The third-order valence-corrected chi connectivity index (χ3v) is 23.1. The van der Waals surface area contributed by atoms with Gasteiger partial charge in [-0.1, -0.05) is 91.2 Å². The lowest BCUT2D eigenvalue weighted by molar-refractivity contribution is 0.188. The van der Waals surface area contributed by atoms with Crippen LogP contribution in [0.15, 0.2) is 0 Å². The summed E-state index contributed by atoms with van der Waals surface area (Å²) in [6, 6.07) is 0. The molecule has 6 heteroatoms. The quantitative estimate of drug-likeness (QED) is 0.330. The number of fused-ring (bicyclic) bond motifs is 3. The summed E-state index contributed by atoms with van der Waals surface area (Å²) in [6.07, 6.45) is 5.16. The molecule has 206 valence electrons. The largest absolute Gasteiger partial charge is 0.413 e. The van der Waals surface area contributed by atoms with E-state index in [-0.39, 0.29) is 10.1 Å². The van der Waals surface area contributed by atoms with Gasteiger partial charge in [-0.15, -0.1) is 0 Å². The highest BCUT2D eigenvalue weighted by atomic mass is 28.4. The zero-order chi connectivity index (χ0) is 27.9. The molecular weight excluding hydrogens is 505 g/mol. The Morgan fingerprint density at radius 1 is 0.472 bits per heavy atom. The van der Waals surface area contributed by atoms with Crippen LogP contribution in [0.25, 0.3) is 0 Å². The van der Waals surface area contributed by atoms with Crippen molar-refractivity contribution in [2.24, 2.45) is 0 Å². The van der Waals surface area contributed by atoms with E-state index in [4.69, 9.17) is 8.85 Å². The van der Waals surface area contributed by atoms with Crippen LogP contribution in [0.4, 0.5) is 0 Å². The summed E-state index contributed by atoms with van der Waals surface area (Å²) < 4.78 is 14.2. The first-order chi connectivity index (χ1) is 15.9. The van der Waals surface area contributed by atoms with Crippen LogP contribution in [0, 0.1) is 0 Å². The highest BCUT2D eigenvalue weighted by Crippen LogP contribution is 2.43. The number of benzene rings is 1. The molecule has 0 amide bonds. The van der Waals surface area contributed by atoms with Gasteiger partial charge in [0.1, 0.15) is 0 Å². The Bertz CT molecular complexity index is 917. The van der Waals surface area contributed by atoms with Crippen molar-refractivity contribution in [1.82, 2.24) is 0 Å². The first-order valence-electron chi connectivity index (χ1n) is 14.4. The van der Waals surface area contributed by atoms with E-state index in [1.807, 2.05) is 10.4 Å². The fourth-order valence-corrected chi connectivity index (χ4v) is 15.1. The third kappa shape index (κ3) is 5.79. The fourth-order valence-electron chi connectivity index (χ4n) is 5.98. The maximum Gasteiger partial charge on any atom is 0.192 e. The van der Waals surface area contributed by atoms with Crippen molar-refractivity contribution in [3.8, 4) is 0 Å². The lowest BCUT2D eigenvalue weighted by Gasteiger charge is -2.38. The highest BCUT2D eigenvalue weighted by molar-refractivity contribution is 6.99. The van der Waals surface area contributed by atoms with Crippen molar-refractivity contribution in [2.45, 2.75) is 155 Å². The summed E-state index contributed by atoms with van der Waals surface area (Å²) in [6.45, 7) is 39.4. The summed E-state index contributed by atoms with van der Waals surface area (Å²) in [5.74, 6) is 0. The molecule has 0 saturated heterocycles. The van der Waals surface area contributed by atoms with Gasteiger partial charge in [0, 0.05) is 0 Å². The van der Waals surface area contributed by atoms with Gasteiger partial charge in [-0.25, -0.2) is 0 Å². The van der Waals surface area contributed by atoms with E-state index in [0.29, 0.717) is 12.2 Å². The van der Waals surface area contributed by atoms with E-state index < -0.39 is 32.8 Å². The van der Waals surface area contributed by atoms with Crippen LogP contribution in [0.3, 0.4) is 0 Å². The summed E-state index contributed by atoms with van der Waals surface area (Å²) in [5.41, 5.74) is 6.77. The smallest absolute Gasteiger partial charge is 0.192 e. The molecule has 0 radical (unpaired) electrons. The van der Waals surface area contributed by atoms with Crippen LogP contribution < -0.4 is 10.4 Å². The van der Waals surface area contributed by atoms with Crippen molar-refractivity contribution in [2.75, 3.05) is 0 Å². The zero-order valence-corrected chi connectivity index (χ0v) is 30.8. The van der Waals surface area contributed by atoms with Crippen LogP contribution >= 0.6 is 0 Å². The highest BCUT2D eigenvalue weighted by Gasteiger charge is 2.46. The van der Waals surface area contributed by atoms with E-state index in [1.165, 1.54) is 0 Å². The molecule has 0 fully saturated rings. The average Bonchev–Trinajstić information content (AvgIpc) is 3.18. The maximum absolute atomic E-state index is 7.09. The molecule has 0 bridgehead atoms. The minimum atomic E-state index is -1.81. The molecule has 3 rings (SSSR count). The standard InChI is InChI=1S/C30H58O2Si4/c1-29(2,3)35(13,14)31-21-17-23-24-18-22(32-36(15,16)30(4,5)6)20-26(24)28(34(10,11)12)27(25(23)19-21)33(7,8)9/h21-22H,17-20H2,1-16H3. The van der Waals surface area contributed by atoms with Crippen LogP contribution in [0.1, 0.15) is 63.8 Å². The van der Waals surface area contributed by atoms with Gasteiger partial charge in [0.25, 0.3) is 0 Å². The second-order valence-electron chi connectivity index (χ2n) is 17.0. The molecule has 0 aromatic heterocycles. The van der Waals surface area contributed by atoms with Crippen LogP contribution in [-0.4, -0.2) is 45.0 Å². The minimum Gasteiger partial charge on any atom is -0.413 e. The minimum absolute atomic E-state index is 0.247. The lowest BCUT2D eigenvalue weighted by Crippen LogP contribution is -2.59. The van der Waals surface area contributed by atoms with E-state index in [0.717, 1.165) is 25.7 Å². The Hall–Kier alpha value is 0.00753. The van der Waals surface area contributed by atoms with E-state index in [1.54, 1.807) is 22.3 Å². The topological polar surface area (TPSA) is 18.5 Å². The fraction of sp³-hybridized carbons (Fsp3) is 0.800. The van der Waals surface area contributed by atoms with Gasteiger partial charge < -0.3 is 8.85 Å². The predicted octanol–water partition coefficient (Wildman–Crippen LogP) is 7.76. The second kappa shape index (κ2) is 9.29. The first kappa shape index (κ1) is 30.5. The van der Waals surface area contributed by atoms with Crippen LogP contribution in [-0.2, 0) is 34.5 Å². The molecule has 0 aliphatic heterocycles. The summed E-state index contributed by atoms with van der Waals surface area (Å²) in [7, 11) is -6.73. The van der Waals surface area contributed by atoms with Crippen molar-refractivity contribution in [3.05, 3.63) is 22.3 Å². The Morgan fingerprint density at radius 2 is 0.722 bits per heavy atom. The number of hydrogen-bond acceptors (Lipinski definition) is 2. The van der Waals surface area contributed by atoms with Gasteiger partial charge in [0.2, 0.25) is 0 Å². The Balaban J connectivity index is 2.13. The van der Waals surface area contributed by atoms with Crippen molar-refractivity contribution in [3.63, 3.8) is 0 Å². The molecule has 36 heavy (non-hydrogen) atoms. The second-order valence-corrected chi connectivity index (χ2v) is 36.5. The van der Waals surface area contributed by atoms with Gasteiger partial charge in [0.05, 0.1) is 28.4 Å². The van der Waals surface area contributed by atoms with Crippen molar-refractivity contribution >= 4 is 43.2 Å². The summed E-state index contributed by atoms with van der Waals surface area (Å²) in [4.78, 5) is 0. The Morgan fingerprint density at radius 3 is 0.944 bits per heavy atom. The summed E-state index contributed by atoms with van der Waals surface area (Å²) in [5, 5.41) is 4.11. The number of rotatable bonds is 6. The molecule has 0 spiro atoms. The van der Waals surface area contributed by atoms with Gasteiger partial charge >= 0.3 is 0 Å². The summed E-state index contributed by atoms with van der Waals surface area (Å²) >= 11 is 0. The maximum atomic E-state index is 7.09. The predicted molar refractivity (Wildman–Crippen MR) is 171 cm³/mol. The molecule has 0 N–H and O–H groups in total. The molecule has 1 aromatic rings. The molecule has 2 atom stereocenters. The van der Waals surface area contributed by atoms with E-state index in [9.17, 15) is 0 Å². The molecular formula is C30H58O2Si4. The molecule has 0 heterocycles. The van der Waals surface area contributed by atoms with Crippen molar-refractivity contribution in [1.29, 1.82) is 0 Å². The average molecular weight is 563 g/mol. The molecule has 2 aliphatic carbocycles. The Kier molecular flexibility index (Phi) is 7.88. The lowest BCUT2D eigenvalue weighted by atomic mass is 9.99. The molecule has 0 saturated carbocycles. The van der Waals surface area contributed by atoms with Gasteiger partial charge in [0.15, 0.2) is 16.6 Å². The molecule has 2 nitrogen and oxygen atoms in total. The zero-order valence-electron chi connectivity index (χ0n) is 26.8. The normalized spacial score (nSPS) is 21.7. The van der Waals surface area contributed by atoms with Gasteiger partial charge in [-0.05, 0) is 84.2 Å². The van der Waals surface area contributed by atoms with Crippen LogP contribution in [0.2, 0.25) is 75.5 Å². The SMILES string of the molecule is CC(C)(C)[Si](C)(C)OC1Cc2c3c(c([Si](C)(C)C)c([Si](C)(C)C)c2C1)CC(O[Si](C)(C)C(C)(C)C)C3. The Labute approximate surface area is 228 Å². The monoisotopic (exact) mass is 562 g/mol.